The quantitative estimate of drug-likeness (QED) is 0.942. The minimum absolute atomic E-state index is 0.646. The van der Waals surface area contributed by atoms with Gasteiger partial charge in [0.05, 0.1) is 12.7 Å². The summed E-state index contributed by atoms with van der Waals surface area (Å²) in [5, 5.41) is 4.05. The molecule has 4 nitrogen and oxygen atoms in total. The van der Waals surface area contributed by atoms with E-state index in [0.717, 1.165) is 36.8 Å². The number of hydrogen-bond donors (Lipinski definition) is 1. The fraction of sp³-hybridized carbons (Fsp3) is 0.438. The van der Waals surface area contributed by atoms with Crippen LogP contribution in [0.5, 0.6) is 0 Å². The fourth-order valence-corrected chi connectivity index (χ4v) is 2.92. The standard InChI is InChI=1S/C16H20ClN3O/c1-18-14-5-7-20(8-6-14)11-16-19-10-15(21-16)12-3-2-4-13(17)9-12/h2-4,9-10,14,18H,5-8,11H2,1H3. The zero-order valence-corrected chi connectivity index (χ0v) is 12.9. The van der Waals surface area contributed by atoms with Crippen LogP contribution in [-0.4, -0.2) is 36.1 Å². The van der Waals surface area contributed by atoms with Gasteiger partial charge in [0.1, 0.15) is 0 Å². The Hall–Kier alpha value is -1.36. The van der Waals surface area contributed by atoms with Crippen LogP contribution in [0.1, 0.15) is 18.7 Å². The summed E-state index contributed by atoms with van der Waals surface area (Å²) in [6.45, 7) is 2.94. The van der Waals surface area contributed by atoms with Crippen LogP contribution in [0.25, 0.3) is 11.3 Å². The molecule has 0 amide bonds. The van der Waals surface area contributed by atoms with Gasteiger partial charge in [-0.2, -0.15) is 0 Å². The molecule has 0 aliphatic carbocycles. The number of rotatable bonds is 4. The Kier molecular flexibility index (Phi) is 4.58. The molecule has 0 unspecified atom stereocenters. The van der Waals surface area contributed by atoms with Gasteiger partial charge in [0, 0.05) is 29.7 Å². The Morgan fingerprint density at radius 3 is 2.90 bits per heavy atom. The highest BCUT2D eigenvalue weighted by molar-refractivity contribution is 6.30. The maximum absolute atomic E-state index is 6.01. The molecule has 0 spiro atoms. The van der Waals surface area contributed by atoms with Crippen LogP contribution in [0.4, 0.5) is 0 Å². The molecular weight excluding hydrogens is 286 g/mol. The van der Waals surface area contributed by atoms with E-state index in [0.29, 0.717) is 11.1 Å². The van der Waals surface area contributed by atoms with Gasteiger partial charge in [-0.3, -0.25) is 4.90 Å². The predicted octanol–water partition coefficient (Wildman–Crippen LogP) is 3.18. The third-order valence-corrected chi connectivity index (χ3v) is 4.25. The number of halogens is 1. The fourth-order valence-electron chi connectivity index (χ4n) is 2.73. The van der Waals surface area contributed by atoms with Crippen molar-refractivity contribution in [3.8, 4) is 11.3 Å². The Labute approximate surface area is 130 Å². The van der Waals surface area contributed by atoms with Gasteiger partial charge in [-0.1, -0.05) is 23.7 Å². The van der Waals surface area contributed by atoms with E-state index in [1.54, 1.807) is 6.20 Å². The van der Waals surface area contributed by atoms with Crippen molar-refractivity contribution >= 4 is 11.6 Å². The Morgan fingerprint density at radius 2 is 2.19 bits per heavy atom. The van der Waals surface area contributed by atoms with Crippen molar-refractivity contribution in [3.63, 3.8) is 0 Å². The van der Waals surface area contributed by atoms with Crippen molar-refractivity contribution < 1.29 is 4.42 Å². The Bertz CT molecular complexity index is 591. The summed E-state index contributed by atoms with van der Waals surface area (Å²) in [6, 6.07) is 8.29. The molecule has 1 aliphatic rings. The van der Waals surface area contributed by atoms with Crippen molar-refractivity contribution in [2.45, 2.75) is 25.4 Å². The molecule has 3 rings (SSSR count). The van der Waals surface area contributed by atoms with E-state index in [2.05, 4.69) is 15.2 Å². The number of piperidine rings is 1. The van der Waals surface area contributed by atoms with Crippen LogP contribution in [-0.2, 0) is 6.54 Å². The van der Waals surface area contributed by atoms with Gasteiger partial charge >= 0.3 is 0 Å². The molecule has 1 aromatic heterocycles. The van der Waals surface area contributed by atoms with Gasteiger partial charge in [-0.05, 0) is 32.0 Å². The number of likely N-dealkylation sites (tertiary alicyclic amines) is 1. The van der Waals surface area contributed by atoms with Gasteiger partial charge in [0.25, 0.3) is 0 Å². The summed E-state index contributed by atoms with van der Waals surface area (Å²) in [5.41, 5.74) is 0.968. The number of oxazole rings is 1. The van der Waals surface area contributed by atoms with E-state index in [1.165, 1.54) is 12.8 Å². The van der Waals surface area contributed by atoms with Gasteiger partial charge in [0.2, 0.25) is 5.89 Å². The molecule has 2 heterocycles. The van der Waals surface area contributed by atoms with Crippen LogP contribution >= 0.6 is 11.6 Å². The number of nitrogens with zero attached hydrogens (tertiary/aromatic N) is 2. The first-order valence-electron chi connectivity index (χ1n) is 7.35. The van der Waals surface area contributed by atoms with Crippen molar-refractivity contribution in [3.05, 3.63) is 41.4 Å². The summed E-state index contributed by atoms with van der Waals surface area (Å²) in [5.74, 6) is 1.55. The maximum atomic E-state index is 6.01. The second-order valence-corrected chi connectivity index (χ2v) is 5.90. The normalized spacial score (nSPS) is 17.2. The van der Waals surface area contributed by atoms with E-state index in [4.69, 9.17) is 16.0 Å². The molecule has 0 saturated carbocycles. The van der Waals surface area contributed by atoms with E-state index < -0.39 is 0 Å². The van der Waals surface area contributed by atoms with Crippen LogP contribution in [0.15, 0.2) is 34.9 Å². The van der Waals surface area contributed by atoms with Crippen LogP contribution < -0.4 is 5.32 Å². The third-order valence-electron chi connectivity index (χ3n) is 4.02. The second kappa shape index (κ2) is 6.60. The summed E-state index contributed by atoms with van der Waals surface area (Å²) in [7, 11) is 2.03. The molecule has 21 heavy (non-hydrogen) atoms. The molecule has 1 aromatic carbocycles. The average Bonchev–Trinajstić information content (AvgIpc) is 2.97. The van der Waals surface area contributed by atoms with Crippen LogP contribution in [0.2, 0.25) is 5.02 Å². The molecule has 1 aliphatic heterocycles. The average molecular weight is 306 g/mol. The highest BCUT2D eigenvalue weighted by atomic mass is 35.5. The summed E-state index contributed by atoms with van der Waals surface area (Å²) in [4.78, 5) is 6.78. The zero-order valence-electron chi connectivity index (χ0n) is 12.2. The van der Waals surface area contributed by atoms with Crippen molar-refractivity contribution in [1.82, 2.24) is 15.2 Å². The number of nitrogens with one attached hydrogen (secondary N) is 1. The molecule has 0 radical (unpaired) electrons. The minimum atomic E-state index is 0.646. The largest absolute Gasteiger partial charge is 0.439 e. The summed E-state index contributed by atoms with van der Waals surface area (Å²) >= 11 is 6.01. The van der Waals surface area contributed by atoms with Crippen LogP contribution in [0, 0.1) is 0 Å². The molecular formula is C16H20ClN3O. The zero-order chi connectivity index (χ0) is 14.7. The Balaban J connectivity index is 1.63. The van der Waals surface area contributed by atoms with Gasteiger partial charge in [-0.15, -0.1) is 0 Å². The SMILES string of the molecule is CNC1CCN(Cc2ncc(-c3cccc(Cl)c3)o2)CC1. The van der Waals surface area contributed by atoms with Gasteiger partial charge in [0.15, 0.2) is 5.76 Å². The first-order chi connectivity index (χ1) is 10.2. The first kappa shape index (κ1) is 14.6. The molecule has 112 valence electrons. The lowest BCUT2D eigenvalue weighted by molar-refractivity contribution is 0.179. The van der Waals surface area contributed by atoms with E-state index >= 15 is 0 Å². The minimum Gasteiger partial charge on any atom is -0.439 e. The molecule has 1 saturated heterocycles. The monoisotopic (exact) mass is 305 g/mol. The van der Waals surface area contributed by atoms with Crippen molar-refractivity contribution in [1.29, 1.82) is 0 Å². The number of benzene rings is 1. The topological polar surface area (TPSA) is 41.3 Å². The molecule has 2 aromatic rings. The second-order valence-electron chi connectivity index (χ2n) is 5.47. The number of aromatic nitrogens is 1. The van der Waals surface area contributed by atoms with Crippen molar-refractivity contribution in [2.24, 2.45) is 0 Å². The molecule has 1 N–H and O–H groups in total. The molecule has 5 heteroatoms. The lowest BCUT2D eigenvalue weighted by Crippen LogP contribution is -2.40. The van der Waals surface area contributed by atoms with Crippen LogP contribution in [0.3, 0.4) is 0 Å². The van der Waals surface area contributed by atoms with E-state index in [1.807, 2.05) is 31.3 Å². The predicted molar refractivity (Wildman–Crippen MR) is 84.3 cm³/mol. The molecule has 0 bridgehead atoms. The third kappa shape index (κ3) is 3.64. The highest BCUT2D eigenvalue weighted by Crippen LogP contribution is 2.24. The van der Waals surface area contributed by atoms with Gasteiger partial charge in [-0.25, -0.2) is 4.98 Å². The molecule has 0 atom stereocenters. The summed E-state index contributed by atoms with van der Waals surface area (Å²) < 4.78 is 5.85. The molecule has 1 fully saturated rings. The smallest absolute Gasteiger partial charge is 0.209 e. The van der Waals surface area contributed by atoms with E-state index in [9.17, 15) is 0 Å². The maximum Gasteiger partial charge on any atom is 0.209 e. The number of hydrogen-bond acceptors (Lipinski definition) is 4. The Morgan fingerprint density at radius 1 is 1.38 bits per heavy atom. The lowest BCUT2D eigenvalue weighted by Gasteiger charge is -2.30. The van der Waals surface area contributed by atoms with Crippen molar-refractivity contribution in [2.75, 3.05) is 20.1 Å². The summed E-state index contributed by atoms with van der Waals surface area (Å²) in [6.07, 6.45) is 4.14. The van der Waals surface area contributed by atoms with E-state index in [-0.39, 0.29) is 0 Å². The highest BCUT2D eigenvalue weighted by Gasteiger charge is 2.19. The van der Waals surface area contributed by atoms with Gasteiger partial charge < -0.3 is 9.73 Å². The lowest BCUT2D eigenvalue weighted by atomic mass is 10.1. The first-order valence-corrected chi connectivity index (χ1v) is 7.72.